The molecule has 0 radical (unpaired) electrons. The molecule has 0 N–H and O–H groups in total. The van der Waals surface area contributed by atoms with Crippen LogP contribution in [0.5, 0.6) is 0 Å². The molecule has 1 saturated heterocycles. The van der Waals surface area contributed by atoms with Gasteiger partial charge in [-0.25, -0.2) is 0 Å². The molecule has 31 heavy (non-hydrogen) atoms. The van der Waals surface area contributed by atoms with Gasteiger partial charge in [-0.2, -0.15) is 0 Å². The fourth-order valence-electron chi connectivity index (χ4n) is 11.0. The highest BCUT2D eigenvalue weighted by atomic mass is 16.6. The highest BCUT2D eigenvalue weighted by Gasteiger charge is 2.72. The van der Waals surface area contributed by atoms with Crippen LogP contribution < -0.4 is 0 Å². The molecule has 1 heteroatoms. The van der Waals surface area contributed by atoms with Gasteiger partial charge >= 0.3 is 0 Å². The van der Waals surface area contributed by atoms with Gasteiger partial charge in [-0.3, -0.25) is 0 Å². The Morgan fingerprint density at radius 1 is 0.806 bits per heavy atom. The molecule has 4 saturated carbocycles. The minimum atomic E-state index is 0.375. The van der Waals surface area contributed by atoms with Gasteiger partial charge in [0.1, 0.15) is 0 Å². The molecule has 1 nitrogen and oxygen atoms in total. The second-order valence-electron chi connectivity index (χ2n) is 14.8. The number of rotatable bonds is 5. The summed E-state index contributed by atoms with van der Waals surface area (Å²) in [6.07, 6.45) is 15.7. The van der Waals surface area contributed by atoms with Crippen LogP contribution in [0.4, 0.5) is 0 Å². The van der Waals surface area contributed by atoms with Crippen molar-refractivity contribution in [2.75, 3.05) is 0 Å². The summed E-state index contributed by atoms with van der Waals surface area (Å²) < 4.78 is 6.28. The third-order valence-corrected chi connectivity index (χ3v) is 12.7. The first kappa shape index (κ1) is 22.7. The lowest BCUT2D eigenvalue weighted by Gasteiger charge is -2.68. The Balaban J connectivity index is 1.38. The maximum Gasteiger partial charge on any atom is 0.0895 e. The van der Waals surface area contributed by atoms with Gasteiger partial charge in [-0.05, 0) is 102 Å². The van der Waals surface area contributed by atoms with Gasteiger partial charge in [0.15, 0.2) is 0 Å². The van der Waals surface area contributed by atoms with E-state index in [1.54, 1.807) is 0 Å². The molecule has 10 atom stereocenters. The third kappa shape index (κ3) is 3.10. The van der Waals surface area contributed by atoms with E-state index in [0.717, 1.165) is 35.5 Å². The molecule has 0 aromatic heterocycles. The molecule has 1 aliphatic heterocycles. The first-order valence-corrected chi connectivity index (χ1v) is 14.1. The van der Waals surface area contributed by atoms with Crippen LogP contribution >= 0.6 is 0 Å². The summed E-state index contributed by atoms with van der Waals surface area (Å²) in [6, 6.07) is 0. The fourth-order valence-corrected chi connectivity index (χ4v) is 11.0. The lowest BCUT2D eigenvalue weighted by atomic mass is 9.35. The predicted molar refractivity (Wildman–Crippen MR) is 131 cm³/mol. The fraction of sp³-hybridized carbons (Fsp3) is 1.00. The molecule has 0 aromatic carbocycles. The molecule has 4 aliphatic carbocycles. The molecule has 0 aromatic rings. The zero-order chi connectivity index (χ0) is 22.4. The maximum atomic E-state index is 6.28. The van der Waals surface area contributed by atoms with Crippen LogP contribution in [0.3, 0.4) is 0 Å². The summed E-state index contributed by atoms with van der Waals surface area (Å²) in [5, 5.41) is 0. The van der Waals surface area contributed by atoms with Gasteiger partial charge in [0.2, 0.25) is 0 Å². The van der Waals surface area contributed by atoms with Crippen LogP contribution in [0.1, 0.15) is 120 Å². The van der Waals surface area contributed by atoms with Crippen molar-refractivity contribution in [3.05, 3.63) is 0 Å². The van der Waals surface area contributed by atoms with Gasteiger partial charge in [0.05, 0.1) is 12.2 Å². The third-order valence-electron chi connectivity index (χ3n) is 12.7. The summed E-state index contributed by atoms with van der Waals surface area (Å²) in [6.45, 7) is 20.7. The van der Waals surface area contributed by atoms with E-state index in [-0.39, 0.29) is 0 Å². The Kier molecular flexibility index (Phi) is 5.30. The van der Waals surface area contributed by atoms with E-state index < -0.39 is 0 Å². The van der Waals surface area contributed by atoms with Gasteiger partial charge in [-0.1, -0.05) is 74.7 Å². The average molecular weight is 429 g/mol. The molecule has 3 unspecified atom stereocenters. The highest BCUT2D eigenvalue weighted by molar-refractivity contribution is 5.20. The van der Waals surface area contributed by atoms with Crippen molar-refractivity contribution in [3.63, 3.8) is 0 Å². The predicted octanol–water partition coefficient (Wildman–Crippen LogP) is 8.51. The summed E-state index contributed by atoms with van der Waals surface area (Å²) in [7, 11) is 0. The zero-order valence-electron chi connectivity index (χ0n) is 22.1. The quantitative estimate of drug-likeness (QED) is 0.400. The van der Waals surface area contributed by atoms with Crippen LogP contribution in [-0.4, -0.2) is 12.2 Å². The lowest BCUT2D eigenvalue weighted by molar-refractivity contribution is -0.198. The largest absolute Gasteiger partial charge is 0.369 e. The molecule has 1 heterocycles. The van der Waals surface area contributed by atoms with Crippen molar-refractivity contribution in [1.29, 1.82) is 0 Å². The number of hydrogen-bond acceptors (Lipinski definition) is 1. The second-order valence-corrected chi connectivity index (χ2v) is 14.8. The molecule has 5 aliphatic rings. The van der Waals surface area contributed by atoms with Crippen molar-refractivity contribution < 1.29 is 4.74 Å². The molecule has 0 spiro atoms. The number of epoxide rings is 1. The monoisotopic (exact) mass is 428 g/mol. The Bertz CT molecular complexity index is 695. The molecule has 5 fully saturated rings. The molecule has 0 bridgehead atoms. The standard InChI is InChI=1S/C30H52O/c1-19(2)10-9-11-20(3)21-14-16-29(7)22(21)12-13-25-28(6)18-23-26(31-23)27(4,5)24(28)15-17-30(25,29)8/h19-26H,9-18H2,1-8H3/t20-,21-,22+,23?,24?,25-,26?,28+,29+,30-/m1/s1. The Morgan fingerprint density at radius 3 is 2.23 bits per heavy atom. The summed E-state index contributed by atoms with van der Waals surface area (Å²) in [5.41, 5.74) is 1.96. The van der Waals surface area contributed by atoms with E-state index in [1.807, 2.05) is 0 Å². The topological polar surface area (TPSA) is 12.5 Å². The molecular formula is C30H52O. The van der Waals surface area contributed by atoms with Crippen molar-refractivity contribution in [2.45, 2.75) is 132 Å². The first-order chi connectivity index (χ1) is 14.4. The van der Waals surface area contributed by atoms with Crippen molar-refractivity contribution in [1.82, 2.24) is 0 Å². The van der Waals surface area contributed by atoms with Crippen molar-refractivity contribution in [3.8, 4) is 0 Å². The normalized spacial score (nSPS) is 53.3. The maximum absolute atomic E-state index is 6.28. The molecule has 5 rings (SSSR count). The molecule has 0 amide bonds. The smallest absolute Gasteiger partial charge is 0.0895 e. The minimum absolute atomic E-state index is 0.375. The summed E-state index contributed by atoms with van der Waals surface area (Å²) >= 11 is 0. The van der Waals surface area contributed by atoms with Crippen LogP contribution in [0, 0.1) is 57.2 Å². The number of fused-ring (bicyclic) bond motifs is 6. The van der Waals surface area contributed by atoms with Gasteiger partial charge in [0, 0.05) is 0 Å². The Labute approximate surface area is 193 Å². The van der Waals surface area contributed by atoms with Crippen LogP contribution in [0.25, 0.3) is 0 Å². The van der Waals surface area contributed by atoms with Crippen LogP contribution in [0.15, 0.2) is 0 Å². The zero-order valence-corrected chi connectivity index (χ0v) is 22.1. The van der Waals surface area contributed by atoms with Crippen LogP contribution in [-0.2, 0) is 4.74 Å². The lowest BCUT2D eigenvalue weighted by Crippen LogP contribution is -2.63. The van der Waals surface area contributed by atoms with E-state index in [4.69, 9.17) is 4.74 Å². The molecular weight excluding hydrogens is 376 g/mol. The van der Waals surface area contributed by atoms with E-state index in [1.165, 1.54) is 64.2 Å². The Hall–Kier alpha value is -0.0400. The van der Waals surface area contributed by atoms with E-state index in [2.05, 4.69) is 55.4 Å². The van der Waals surface area contributed by atoms with E-state index >= 15 is 0 Å². The van der Waals surface area contributed by atoms with Gasteiger partial charge in [-0.15, -0.1) is 0 Å². The number of ether oxygens (including phenoxy) is 1. The molecule has 178 valence electrons. The summed E-state index contributed by atoms with van der Waals surface area (Å²) in [5.74, 6) is 5.51. The number of hydrogen-bond donors (Lipinski definition) is 0. The van der Waals surface area contributed by atoms with E-state index in [9.17, 15) is 0 Å². The van der Waals surface area contributed by atoms with Crippen molar-refractivity contribution >= 4 is 0 Å². The van der Waals surface area contributed by atoms with Gasteiger partial charge < -0.3 is 4.74 Å². The average Bonchev–Trinajstić information content (AvgIpc) is 3.35. The van der Waals surface area contributed by atoms with E-state index in [0.29, 0.717) is 33.9 Å². The minimum Gasteiger partial charge on any atom is -0.369 e. The second kappa shape index (κ2) is 7.23. The SMILES string of the molecule is CC(C)CCC[C@@H](C)[C@H]1CC[C@@]2(C)[C@H]1CC[C@@H]1[C@@]3(C)CC4OC4C(C)(C)C3CC[C@]12C. The highest BCUT2D eigenvalue weighted by Crippen LogP contribution is 2.77. The van der Waals surface area contributed by atoms with Crippen molar-refractivity contribution in [2.24, 2.45) is 57.2 Å². The first-order valence-electron chi connectivity index (χ1n) is 14.1. The van der Waals surface area contributed by atoms with Crippen LogP contribution in [0.2, 0.25) is 0 Å². The Morgan fingerprint density at radius 2 is 1.52 bits per heavy atom. The van der Waals surface area contributed by atoms with Gasteiger partial charge in [0.25, 0.3) is 0 Å². The summed E-state index contributed by atoms with van der Waals surface area (Å²) in [4.78, 5) is 0.